The highest BCUT2D eigenvalue weighted by molar-refractivity contribution is 5.98. The summed E-state index contributed by atoms with van der Waals surface area (Å²) in [7, 11) is 0. The number of para-hydroxylation sites is 1. The predicted molar refractivity (Wildman–Crippen MR) is 120 cm³/mol. The minimum absolute atomic E-state index is 0.192. The van der Waals surface area contributed by atoms with Gasteiger partial charge in [0.05, 0.1) is 13.1 Å². The van der Waals surface area contributed by atoms with E-state index in [4.69, 9.17) is 4.74 Å². The van der Waals surface area contributed by atoms with Crippen molar-refractivity contribution >= 4 is 23.5 Å². The van der Waals surface area contributed by atoms with Gasteiger partial charge in [-0.2, -0.15) is 0 Å². The highest BCUT2D eigenvalue weighted by Crippen LogP contribution is 2.21. The number of ketones is 1. The summed E-state index contributed by atoms with van der Waals surface area (Å²) in [5.41, 5.74) is 0.380. The molecule has 3 amide bonds. The van der Waals surface area contributed by atoms with E-state index in [0.717, 1.165) is 0 Å². The smallest absolute Gasteiger partial charge is 0.251 e. The van der Waals surface area contributed by atoms with Crippen LogP contribution in [0, 0.1) is 5.92 Å². The first-order chi connectivity index (χ1) is 15.2. The van der Waals surface area contributed by atoms with Gasteiger partial charge >= 0.3 is 0 Å². The van der Waals surface area contributed by atoms with Gasteiger partial charge in [-0.15, -0.1) is 0 Å². The molecular formula is C24H29N3O5. The molecule has 8 heteroatoms. The van der Waals surface area contributed by atoms with E-state index in [0.29, 0.717) is 23.5 Å². The number of hydrogen-bond donors (Lipinski definition) is 3. The fourth-order valence-corrected chi connectivity index (χ4v) is 2.90. The number of Topliss-reactive ketones (excluding diaryl/α,β-unsaturated/α-hetero) is 1. The summed E-state index contributed by atoms with van der Waals surface area (Å²) in [4.78, 5) is 47.9. The molecule has 0 spiro atoms. The van der Waals surface area contributed by atoms with Crippen LogP contribution in [0.3, 0.4) is 0 Å². The molecule has 0 aromatic heterocycles. The Balaban J connectivity index is 1.78. The Kier molecular flexibility index (Phi) is 9.41. The zero-order chi connectivity index (χ0) is 23.5. The maximum absolute atomic E-state index is 12.3. The highest BCUT2D eigenvalue weighted by atomic mass is 16.5. The Bertz CT molecular complexity index is 926. The van der Waals surface area contributed by atoms with E-state index < -0.39 is 17.9 Å². The van der Waals surface area contributed by atoms with Gasteiger partial charge in [-0.05, 0) is 48.7 Å². The lowest BCUT2D eigenvalue weighted by Gasteiger charge is -2.19. The summed E-state index contributed by atoms with van der Waals surface area (Å²) < 4.78 is 5.68. The summed E-state index contributed by atoms with van der Waals surface area (Å²) >= 11 is 0. The van der Waals surface area contributed by atoms with Crippen LogP contribution >= 0.6 is 0 Å². The van der Waals surface area contributed by atoms with Gasteiger partial charge in [-0.1, -0.05) is 32.0 Å². The highest BCUT2D eigenvalue weighted by Gasteiger charge is 2.21. The zero-order valence-corrected chi connectivity index (χ0v) is 18.5. The molecule has 0 fully saturated rings. The van der Waals surface area contributed by atoms with Crippen LogP contribution < -0.4 is 20.7 Å². The summed E-state index contributed by atoms with van der Waals surface area (Å²) in [5.74, 6) is -0.0499. The second kappa shape index (κ2) is 12.2. The molecule has 0 saturated heterocycles. The Hall–Kier alpha value is -3.68. The first kappa shape index (κ1) is 24.6. The molecule has 1 atom stereocenters. The topological polar surface area (TPSA) is 114 Å². The molecule has 3 N–H and O–H groups in total. The molecule has 0 heterocycles. The van der Waals surface area contributed by atoms with Crippen LogP contribution in [0.1, 0.15) is 37.6 Å². The van der Waals surface area contributed by atoms with Crippen molar-refractivity contribution in [1.82, 2.24) is 16.0 Å². The number of hydrogen-bond acceptors (Lipinski definition) is 5. The van der Waals surface area contributed by atoms with Gasteiger partial charge in [0.2, 0.25) is 11.8 Å². The van der Waals surface area contributed by atoms with E-state index in [1.54, 1.807) is 24.3 Å². The van der Waals surface area contributed by atoms with E-state index in [9.17, 15) is 19.2 Å². The fourth-order valence-electron chi connectivity index (χ4n) is 2.90. The Morgan fingerprint density at radius 1 is 0.844 bits per heavy atom. The van der Waals surface area contributed by atoms with Gasteiger partial charge in [0, 0.05) is 12.5 Å². The van der Waals surface area contributed by atoms with Crippen LogP contribution in [0.25, 0.3) is 0 Å². The second-order valence-corrected chi connectivity index (χ2v) is 7.76. The van der Waals surface area contributed by atoms with Crippen LogP contribution in [-0.4, -0.2) is 42.6 Å². The van der Waals surface area contributed by atoms with Crippen LogP contribution in [0.4, 0.5) is 0 Å². The molecule has 2 aromatic rings. The van der Waals surface area contributed by atoms with Gasteiger partial charge in [-0.3, -0.25) is 19.2 Å². The molecule has 2 rings (SSSR count). The van der Waals surface area contributed by atoms with Gasteiger partial charge in [0.1, 0.15) is 17.5 Å². The number of nitrogens with one attached hydrogen (secondary N) is 3. The number of amides is 3. The van der Waals surface area contributed by atoms with Crippen molar-refractivity contribution in [2.45, 2.75) is 33.2 Å². The quantitative estimate of drug-likeness (QED) is 0.498. The van der Waals surface area contributed by atoms with Crippen LogP contribution in [0.5, 0.6) is 11.5 Å². The van der Waals surface area contributed by atoms with Crippen LogP contribution in [0.15, 0.2) is 54.6 Å². The summed E-state index contributed by atoms with van der Waals surface area (Å²) in [6.07, 6.45) is 0.459. The first-order valence-electron chi connectivity index (χ1n) is 10.4. The maximum atomic E-state index is 12.3. The number of benzene rings is 2. The van der Waals surface area contributed by atoms with Gasteiger partial charge in [0.25, 0.3) is 5.91 Å². The molecule has 8 nitrogen and oxygen atoms in total. The van der Waals surface area contributed by atoms with Crippen molar-refractivity contribution in [2.75, 3.05) is 13.1 Å². The van der Waals surface area contributed by atoms with Gasteiger partial charge < -0.3 is 20.7 Å². The normalized spacial score (nSPS) is 11.4. The Morgan fingerprint density at radius 2 is 1.44 bits per heavy atom. The predicted octanol–water partition coefficient (Wildman–Crippen LogP) is 2.44. The molecule has 0 aliphatic rings. The number of ether oxygens (including phenoxy) is 1. The Morgan fingerprint density at radius 3 is 2.03 bits per heavy atom. The summed E-state index contributed by atoms with van der Waals surface area (Å²) in [6, 6.07) is 15.1. The fraction of sp³-hybridized carbons (Fsp3) is 0.333. The zero-order valence-electron chi connectivity index (χ0n) is 18.5. The summed E-state index contributed by atoms with van der Waals surface area (Å²) in [6.45, 7) is 4.74. The third kappa shape index (κ3) is 8.59. The molecule has 32 heavy (non-hydrogen) atoms. The van der Waals surface area contributed by atoms with Crippen molar-refractivity contribution in [3.63, 3.8) is 0 Å². The average Bonchev–Trinajstić information content (AvgIpc) is 2.76. The molecule has 0 aliphatic carbocycles. The molecule has 0 saturated carbocycles. The maximum Gasteiger partial charge on any atom is 0.251 e. The van der Waals surface area contributed by atoms with Crippen LogP contribution in [-0.2, 0) is 14.4 Å². The molecule has 0 unspecified atom stereocenters. The lowest BCUT2D eigenvalue weighted by atomic mass is 10.0. The molecule has 0 aliphatic heterocycles. The largest absolute Gasteiger partial charge is 0.457 e. The standard InChI is InChI=1S/C24H29N3O5/c1-16(2)13-22(27-17(3)28)24(31)26-15-19(29)14-25-23(30)18-9-11-21(12-10-18)32-20-7-5-4-6-8-20/h4-12,16,22H,13-15H2,1-3H3,(H,25,30)(H,26,31)(H,27,28)/t22-/m0/s1. The molecule has 170 valence electrons. The third-order valence-electron chi connectivity index (χ3n) is 4.40. The minimum atomic E-state index is -0.702. The van der Waals surface area contributed by atoms with E-state index in [1.165, 1.54) is 6.92 Å². The van der Waals surface area contributed by atoms with Crippen molar-refractivity contribution < 1.29 is 23.9 Å². The van der Waals surface area contributed by atoms with E-state index in [1.807, 2.05) is 44.2 Å². The van der Waals surface area contributed by atoms with Crippen molar-refractivity contribution in [3.05, 3.63) is 60.2 Å². The van der Waals surface area contributed by atoms with Crippen molar-refractivity contribution in [2.24, 2.45) is 5.92 Å². The molecular weight excluding hydrogens is 410 g/mol. The molecule has 0 radical (unpaired) electrons. The van der Waals surface area contributed by atoms with Crippen molar-refractivity contribution in [1.29, 1.82) is 0 Å². The number of carbonyl (C=O) groups excluding carboxylic acids is 4. The third-order valence-corrected chi connectivity index (χ3v) is 4.40. The van der Waals surface area contributed by atoms with E-state index in [-0.39, 0.29) is 30.7 Å². The molecule has 0 bridgehead atoms. The van der Waals surface area contributed by atoms with Gasteiger partial charge in [-0.25, -0.2) is 0 Å². The number of carbonyl (C=O) groups is 4. The number of rotatable bonds is 11. The Labute approximate surface area is 187 Å². The monoisotopic (exact) mass is 439 g/mol. The minimum Gasteiger partial charge on any atom is -0.457 e. The van der Waals surface area contributed by atoms with Gasteiger partial charge in [0.15, 0.2) is 5.78 Å². The van der Waals surface area contributed by atoms with Crippen molar-refractivity contribution in [3.8, 4) is 11.5 Å². The van der Waals surface area contributed by atoms with Crippen LogP contribution in [0.2, 0.25) is 0 Å². The van der Waals surface area contributed by atoms with E-state index >= 15 is 0 Å². The average molecular weight is 440 g/mol. The first-order valence-corrected chi connectivity index (χ1v) is 10.4. The van der Waals surface area contributed by atoms with E-state index in [2.05, 4.69) is 16.0 Å². The lowest BCUT2D eigenvalue weighted by molar-refractivity contribution is -0.129. The second-order valence-electron chi connectivity index (χ2n) is 7.76. The molecule has 2 aromatic carbocycles. The SMILES string of the molecule is CC(=O)N[C@@H](CC(C)C)C(=O)NCC(=O)CNC(=O)c1ccc(Oc2ccccc2)cc1. The lowest BCUT2D eigenvalue weighted by Crippen LogP contribution is -2.48. The summed E-state index contributed by atoms with van der Waals surface area (Å²) in [5, 5.41) is 7.64.